The minimum atomic E-state index is -1.58. The Labute approximate surface area is 673 Å². The summed E-state index contributed by atoms with van der Waals surface area (Å²) >= 11 is 6.95. The number of nitrogens with one attached hydrogen (secondary N) is 3. The molecule has 0 unspecified atom stereocenters. The molecule has 0 atom stereocenters. The van der Waals surface area contributed by atoms with Crippen LogP contribution in [0.3, 0.4) is 0 Å². The first-order chi connectivity index (χ1) is 49.7. The van der Waals surface area contributed by atoms with Crippen molar-refractivity contribution in [1.29, 1.82) is 5.26 Å². The SMILES string of the molecule is CC1CCC(=O)CC1.CC1CCC(=O)CC1.CC1CCC(C#N)(O[Si](C)(C)C)CC1.CC1CCC(O)(CNC(=O)OC(C)(C)C)CC1.CC1CCC(O)(CNCl)CC1.CC1CCC(O)(CNCl)CC1.CC1CCC2(CC1)OCCO2.Cl.O=C1CCC2(CC1)OCCO2.O=S=O.O=S=O.O=S=O.O=S=O.O=S=O. The number of nitrogens with zero attached hydrogens (tertiary/aromatic N) is 1. The third kappa shape index (κ3) is 58.1. The summed E-state index contributed by atoms with van der Waals surface area (Å²) in [6.45, 7) is 31.9. The molecule has 2 aliphatic heterocycles. The number of carbonyl (C=O) groups excluding carboxylic acids is 4. The fourth-order valence-corrected chi connectivity index (χ4v) is 15.1. The van der Waals surface area contributed by atoms with Gasteiger partial charge in [-0.1, -0.05) is 48.5 Å². The van der Waals surface area contributed by atoms with Gasteiger partial charge >= 0.3 is 63.9 Å². The molecule has 2 saturated heterocycles. The smallest absolute Gasteiger partial charge is 0.407 e. The molecule has 1 amide bonds. The van der Waals surface area contributed by atoms with Gasteiger partial charge in [0.1, 0.15) is 28.6 Å². The van der Waals surface area contributed by atoms with Crippen LogP contribution < -0.4 is 15.0 Å². The summed E-state index contributed by atoms with van der Waals surface area (Å²) in [5.74, 6) is 6.20. The van der Waals surface area contributed by atoms with Crippen LogP contribution in [0.2, 0.25) is 19.6 Å². The van der Waals surface area contributed by atoms with Gasteiger partial charge < -0.3 is 48.7 Å². The van der Waals surface area contributed by atoms with Gasteiger partial charge in [0.15, 0.2) is 19.9 Å². The van der Waals surface area contributed by atoms with Crippen LogP contribution in [0.5, 0.6) is 0 Å². The first kappa shape index (κ1) is 111. The lowest BCUT2D eigenvalue weighted by atomic mass is 9.79. The van der Waals surface area contributed by atoms with Gasteiger partial charge in [0, 0.05) is 83.8 Å². The van der Waals surface area contributed by atoms with E-state index in [4.69, 9.17) is 93.8 Å². The third-order valence-electron chi connectivity index (χ3n) is 20.1. The van der Waals surface area contributed by atoms with Crippen LogP contribution in [0, 0.1) is 52.8 Å². The van der Waals surface area contributed by atoms with E-state index in [-0.39, 0.29) is 30.5 Å². The van der Waals surface area contributed by atoms with Crippen molar-refractivity contribution < 1.29 is 105 Å². The summed E-state index contributed by atoms with van der Waals surface area (Å²) in [7, 11) is -1.58. The van der Waals surface area contributed by atoms with E-state index in [1.807, 2.05) is 20.8 Å². The lowest BCUT2D eigenvalue weighted by molar-refractivity contribution is -0.181. The molecule has 10 rings (SSSR count). The summed E-state index contributed by atoms with van der Waals surface area (Å²) in [6, 6.07) is 2.41. The number of amides is 1. The molecule has 107 heavy (non-hydrogen) atoms. The number of Topliss-reactive ketones (excluding diaryl/α,β-unsaturated/α-hetero) is 3. The average Bonchev–Trinajstić information content (AvgIpc) is 1.82. The van der Waals surface area contributed by atoms with Gasteiger partial charge in [-0.25, -0.2) is 14.5 Å². The molecule has 0 radical (unpaired) electrons. The zero-order chi connectivity index (χ0) is 81.5. The third-order valence-corrected chi connectivity index (χ3v) is 21.3. The Kier molecular flexibility index (Phi) is 64.2. The minimum absolute atomic E-state index is 0. The minimum Gasteiger partial charge on any atom is -0.444 e. The summed E-state index contributed by atoms with van der Waals surface area (Å²) in [6.07, 6.45) is 30.6. The van der Waals surface area contributed by atoms with E-state index >= 15 is 0 Å². The molecule has 10 aliphatic rings. The molecule has 2 heterocycles. The number of halogens is 3. The normalized spacial score (nSPS) is 27.6. The molecule has 0 bridgehead atoms. The van der Waals surface area contributed by atoms with Crippen LogP contribution in [-0.4, -0.2) is 175 Å². The van der Waals surface area contributed by atoms with E-state index in [1.54, 1.807) is 0 Å². The summed E-state index contributed by atoms with van der Waals surface area (Å²) in [5, 5.41) is 41.8. The molecule has 10 fully saturated rings. The van der Waals surface area contributed by atoms with E-state index < -0.39 is 100 Å². The molecule has 0 aromatic heterocycles. The molecule has 8 aliphatic carbocycles. The fourth-order valence-electron chi connectivity index (χ4n) is 13.1. The van der Waals surface area contributed by atoms with E-state index in [0.717, 1.165) is 229 Å². The van der Waals surface area contributed by atoms with Crippen molar-refractivity contribution in [3.63, 3.8) is 0 Å². The Morgan fingerprint density at radius 3 is 0.925 bits per heavy atom. The Balaban J connectivity index is -0.000000554. The lowest BCUT2D eigenvalue weighted by Crippen LogP contribution is -2.46. The number of alkyl carbamates (subject to hydrolysis) is 1. The maximum absolute atomic E-state index is 11.5. The maximum Gasteiger partial charge on any atom is 0.407 e. The molecule has 6 N–H and O–H groups in total. The van der Waals surface area contributed by atoms with Gasteiger partial charge in [-0.2, -0.15) is 47.4 Å². The highest BCUT2D eigenvalue weighted by molar-refractivity contribution is 7.52. The highest BCUT2D eigenvalue weighted by atomic mass is 35.5. The zero-order valence-corrected chi connectivity index (χ0v) is 73.2. The van der Waals surface area contributed by atoms with Gasteiger partial charge in [0.05, 0.1) is 49.3 Å². The highest BCUT2D eigenvalue weighted by Crippen LogP contribution is 2.40. The summed E-state index contributed by atoms with van der Waals surface area (Å²) < 4.78 is 116. The van der Waals surface area contributed by atoms with Crippen LogP contribution in [-0.2, 0) is 100 Å². The second-order valence-corrected chi connectivity index (χ2v) is 37.6. The van der Waals surface area contributed by atoms with E-state index in [1.165, 1.54) is 12.8 Å². The largest absolute Gasteiger partial charge is 0.444 e. The van der Waals surface area contributed by atoms with Crippen molar-refractivity contribution in [2.75, 3.05) is 46.1 Å². The van der Waals surface area contributed by atoms with Crippen LogP contribution in [0.1, 0.15) is 275 Å². The summed E-state index contributed by atoms with van der Waals surface area (Å²) in [4.78, 5) is 48.6. The van der Waals surface area contributed by atoms with Gasteiger partial charge in [0.2, 0.25) is 0 Å². The number of hydrogen-bond donors (Lipinski definition) is 6. The highest BCUT2D eigenvalue weighted by Gasteiger charge is 2.42. The molecular formula is C71H131Cl3N4O23S5Si. The number of ether oxygens (including phenoxy) is 5. The van der Waals surface area contributed by atoms with Crippen molar-refractivity contribution in [1.82, 2.24) is 15.0 Å². The maximum atomic E-state index is 11.5. The zero-order valence-electron chi connectivity index (χ0n) is 65.8. The first-order valence-corrected chi connectivity index (χ1v) is 44.8. The van der Waals surface area contributed by atoms with Crippen molar-refractivity contribution in [3.05, 3.63) is 0 Å². The Morgan fingerprint density at radius 2 is 0.682 bits per heavy atom. The molecule has 27 nitrogen and oxygen atoms in total. The van der Waals surface area contributed by atoms with E-state index in [0.29, 0.717) is 62.4 Å². The molecule has 36 heteroatoms. The number of aliphatic hydroxyl groups is 3. The van der Waals surface area contributed by atoms with Gasteiger partial charge in [-0.05, 0) is 247 Å². The molecule has 0 aromatic carbocycles. The van der Waals surface area contributed by atoms with Crippen LogP contribution in [0.4, 0.5) is 4.79 Å². The predicted octanol–water partition coefficient (Wildman–Crippen LogP) is 12.5. The predicted molar refractivity (Wildman–Crippen MR) is 418 cm³/mol. The fraction of sp³-hybridized carbons (Fsp3) is 0.930. The summed E-state index contributed by atoms with van der Waals surface area (Å²) in [5.41, 5.74) is -2.75. The number of nitriles is 1. The molecule has 0 aromatic rings. The molecule has 628 valence electrons. The van der Waals surface area contributed by atoms with Crippen LogP contribution in [0.15, 0.2) is 0 Å². The quantitative estimate of drug-likeness (QED) is 0.0971. The van der Waals surface area contributed by atoms with Gasteiger partial charge in [0.25, 0.3) is 0 Å². The van der Waals surface area contributed by atoms with Crippen molar-refractivity contribution >= 4 is 126 Å². The average molecular weight is 1700 g/mol. The molecule has 2 spiro atoms. The van der Waals surface area contributed by atoms with E-state index in [2.05, 4.69) is 89.2 Å². The first-order valence-electron chi connectivity index (χ1n) is 37.3. The number of carbonyl (C=O) groups is 4. The van der Waals surface area contributed by atoms with Gasteiger partial charge in [-0.3, -0.25) is 14.4 Å². The van der Waals surface area contributed by atoms with Gasteiger partial charge in [-0.15, -0.1) is 12.4 Å². The van der Waals surface area contributed by atoms with E-state index in [9.17, 15) is 39.8 Å². The Bertz CT molecular complexity index is 2480. The second-order valence-electron chi connectivity index (χ2n) is 31.9. The Hall–Kier alpha value is -2.44. The number of rotatable bonds is 8. The number of ketones is 3. The molecule has 8 saturated carbocycles. The Morgan fingerprint density at radius 1 is 0.449 bits per heavy atom. The monoisotopic (exact) mass is 1700 g/mol. The second kappa shape index (κ2) is 62.0. The van der Waals surface area contributed by atoms with Crippen molar-refractivity contribution in [2.24, 2.45) is 41.4 Å². The van der Waals surface area contributed by atoms with Crippen molar-refractivity contribution in [2.45, 2.75) is 334 Å². The number of hydrogen-bond acceptors (Lipinski definition) is 26. The van der Waals surface area contributed by atoms with Crippen LogP contribution >= 0.6 is 36.0 Å². The lowest BCUT2D eigenvalue weighted by Gasteiger charge is -2.38. The topological polar surface area (TPSA) is 415 Å². The molecular weight excluding hydrogens is 1570 g/mol. The standard InChI is InChI=1S/C13H25NO3.C11H21NOSi.C9H16O2.2C8H16ClNO.C8H12O3.2C7H12O.ClH.5O2S/c1-10-5-7-13(16,8-6-10)9-14-11(15)17-12(2,3)4;1-10-5-7-11(9-12,8-6-10)13-14(2,3)4;1-8-2-4-9(5-3-8)10-6-7-11-9;2*1-7-2-4-8(11,5-3-7)6-10-9;9-7-1-3-8(4-2-7)10-5-6-11-8;2*1-6-2-4-7(8)5-3-6;;5*1-3-2/h10,16H,5-9H2,1-4H3,(H,14,15);10H,5-8H2,1-4H3;8H,2-7H2,1H3;2*7,10-11H,2-6H2,1H3;1-6H2;2*6H,2-5H2,1H3;1H;;;;;. The van der Waals surface area contributed by atoms with Crippen LogP contribution in [0.25, 0.3) is 0 Å². The van der Waals surface area contributed by atoms with Crippen molar-refractivity contribution in [3.8, 4) is 6.07 Å².